The number of carbonyl (C=O) groups is 1. The molecule has 0 radical (unpaired) electrons. The lowest BCUT2D eigenvalue weighted by molar-refractivity contribution is 0.248. The highest BCUT2D eigenvalue weighted by molar-refractivity contribution is 8.01. The van der Waals surface area contributed by atoms with E-state index in [0.717, 1.165) is 28.7 Å². The number of methoxy groups -OCH3 is 1. The Hall–Kier alpha value is -1.08. The van der Waals surface area contributed by atoms with Crippen LogP contribution in [0.1, 0.15) is 5.69 Å². The lowest BCUT2D eigenvalue weighted by atomic mass is 10.3. The fraction of sp³-hybridized carbons (Fsp3) is 0.455. The first-order valence-electron chi connectivity index (χ1n) is 5.43. The molecule has 0 aromatic carbocycles. The summed E-state index contributed by atoms with van der Waals surface area (Å²) >= 11 is 3.16. The number of thioether (sulfide) groups is 1. The van der Waals surface area contributed by atoms with Crippen LogP contribution < -0.4 is 14.8 Å². The van der Waals surface area contributed by atoms with E-state index in [1.807, 2.05) is 12.1 Å². The van der Waals surface area contributed by atoms with Crippen LogP contribution in [0.5, 0.6) is 5.75 Å². The molecule has 0 spiro atoms. The van der Waals surface area contributed by atoms with Crippen molar-refractivity contribution in [1.29, 1.82) is 0 Å². The van der Waals surface area contributed by atoms with Crippen LogP contribution >= 0.6 is 23.7 Å². The summed E-state index contributed by atoms with van der Waals surface area (Å²) in [6.45, 7) is 0. The van der Waals surface area contributed by atoms with Crippen molar-refractivity contribution in [2.24, 2.45) is 0 Å². The van der Waals surface area contributed by atoms with Crippen LogP contribution in [0.4, 0.5) is 4.79 Å². The van der Waals surface area contributed by atoms with Gasteiger partial charge >= 0.3 is 6.03 Å². The highest BCUT2D eigenvalue weighted by Crippen LogP contribution is 2.20. The number of nitrogens with zero attached hydrogens (tertiary/aromatic N) is 1. The molecule has 0 aliphatic carbocycles. The van der Waals surface area contributed by atoms with Crippen molar-refractivity contribution in [3.05, 3.63) is 24.0 Å². The van der Waals surface area contributed by atoms with Crippen LogP contribution in [0, 0.1) is 0 Å². The number of hydrogen-bond donors (Lipinski definition) is 2. The largest absolute Gasteiger partial charge is 0.495 e. The minimum atomic E-state index is -0.170. The molecule has 0 unspecified atom stereocenters. The van der Waals surface area contributed by atoms with E-state index in [-0.39, 0.29) is 6.03 Å². The summed E-state index contributed by atoms with van der Waals surface area (Å²) < 4.78 is 7.89. The molecule has 1 aromatic rings. The summed E-state index contributed by atoms with van der Waals surface area (Å²) in [6, 6.07) is 3.59. The fourth-order valence-electron chi connectivity index (χ4n) is 1.15. The summed E-state index contributed by atoms with van der Waals surface area (Å²) in [5, 5.41) is 2.49. The zero-order valence-corrected chi connectivity index (χ0v) is 12.1. The van der Waals surface area contributed by atoms with Gasteiger partial charge in [-0.05, 0) is 24.1 Å². The molecule has 1 aromatic heterocycles. The van der Waals surface area contributed by atoms with Gasteiger partial charge in [-0.3, -0.25) is 9.71 Å². The molecule has 100 valence electrons. The summed E-state index contributed by atoms with van der Waals surface area (Å²) in [4.78, 5) is 15.1. The third-order valence-electron chi connectivity index (χ3n) is 2.03. The van der Waals surface area contributed by atoms with Crippen molar-refractivity contribution in [3.8, 4) is 5.75 Å². The number of rotatable bonds is 7. The van der Waals surface area contributed by atoms with Crippen LogP contribution in [0.25, 0.3) is 0 Å². The highest BCUT2D eigenvalue weighted by atomic mass is 32.2. The quantitative estimate of drug-likeness (QED) is 0.592. The van der Waals surface area contributed by atoms with Gasteiger partial charge in [-0.2, -0.15) is 11.8 Å². The van der Waals surface area contributed by atoms with Crippen molar-refractivity contribution in [2.75, 3.05) is 25.7 Å². The van der Waals surface area contributed by atoms with Crippen LogP contribution in [0.3, 0.4) is 0 Å². The summed E-state index contributed by atoms with van der Waals surface area (Å²) in [5.74, 6) is 3.42. The standard InChI is InChI=1S/C11H17N3O2S2/c1-12-11(15)14-18-7-6-17-8-9-10(16-2)4-3-5-13-9/h3-5H,6-8H2,1-2H3,(H2,12,14,15). The van der Waals surface area contributed by atoms with E-state index in [1.165, 1.54) is 11.9 Å². The van der Waals surface area contributed by atoms with Gasteiger partial charge in [-0.15, -0.1) is 0 Å². The Balaban J connectivity index is 2.16. The van der Waals surface area contributed by atoms with Gasteiger partial charge in [-0.1, -0.05) is 0 Å². The van der Waals surface area contributed by atoms with Gasteiger partial charge in [0.15, 0.2) is 0 Å². The fourth-order valence-corrected chi connectivity index (χ4v) is 2.85. The molecule has 5 nitrogen and oxygen atoms in total. The van der Waals surface area contributed by atoms with Gasteiger partial charge in [0.2, 0.25) is 0 Å². The van der Waals surface area contributed by atoms with E-state index in [1.54, 1.807) is 32.1 Å². The first-order valence-corrected chi connectivity index (χ1v) is 7.57. The maximum Gasteiger partial charge on any atom is 0.324 e. The Morgan fingerprint density at radius 1 is 1.50 bits per heavy atom. The molecule has 0 aliphatic rings. The number of nitrogens with one attached hydrogen (secondary N) is 2. The van der Waals surface area contributed by atoms with Crippen molar-refractivity contribution in [3.63, 3.8) is 0 Å². The van der Waals surface area contributed by atoms with E-state index < -0.39 is 0 Å². The Kier molecular flexibility index (Phi) is 7.43. The first-order chi connectivity index (χ1) is 8.77. The Morgan fingerprint density at radius 2 is 2.33 bits per heavy atom. The summed E-state index contributed by atoms with van der Waals surface area (Å²) in [7, 11) is 3.24. The molecular weight excluding hydrogens is 270 g/mol. The Morgan fingerprint density at radius 3 is 3.06 bits per heavy atom. The maximum absolute atomic E-state index is 10.9. The molecule has 1 heterocycles. The van der Waals surface area contributed by atoms with Crippen molar-refractivity contribution in [2.45, 2.75) is 5.75 Å². The minimum Gasteiger partial charge on any atom is -0.495 e. The lowest BCUT2D eigenvalue weighted by Gasteiger charge is -2.06. The molecular formula is C11H17N3O2S2. The van der Waals surface area contributed by atoms with Crippen LogP contribution in [0.2, 0.25) is 0 Å². The predicted molar refractivity (Wildman–Crippen MR) is 77.0 cm³/mol. The third kappa shape index (κ3) is 5.50. The molecule has 1 rings (SSSR count). The molecule has 2 N–H and O–H groups in total. The number of aromatic nitrogens is 1. The van der Waals surface area contributed by atoms with Gasteiger partial charge in [-0.25, -0.2) is 4.79 Å². The molecule has 2 amide bonds. The second-order valence-electron chi connectivity index (χ2n) is 3.23. The zero-order chi connectivity index (χ0) is 13.2. The number of hydrogen-bond acceptors (Lipinski definition) is 5. The van der Waals surface area contributed by atoms with Crippen LogP contribution in [-0.2, 0) is 5.75 Å². The molecule has 0 atom stereocenters. The average Bonchev–Trinajstić information content (AvgIpc) is 2.42. The van der Waals surface area contributed by atoms with Gasteiger partial charge in [0.05, 0.1) is 12.8 Å². The number of pyridine rings is 1. The van der Waals surface area contributed by atoms with Crippen LogP contribution in [-0.4, -0.2) is 36.7 Å². The first kappa shape index (κ1) is 15.0. The molecule has 0 aliphatic heterocycles. The lowest BCUT2D eigenvalue weighted by Crippen LogP contribution is -2.27. The maximum atomic E-state index is 10.9. The zero-order valence-electron chi connectivity index (χ0n) is 10.4. The van der Waals surface area contributed by atoms with Gasteiger partial charge in [0.1, 0.15) is 5.75 Å². The molecule has 0 bridgehead atoms. The topological polar surface area (TPSA) is 63.2 Å². The third-order valence-corrected chi connectivity index (χ3v) is 4.00. The minimum absolute atomic E-state index is 0.170. The second kappa shape index (κ2) is 8.93. The smallest absolute Gasteiger partial charge is 0.324 e. The number of urea groups is 1. The molecule has 0 saturated carbocycles. The van der Waals surface area contributed by atoms with Crippen LogP contribution in [0.15, 0.2) is 18.3 Å². The molecule has 0 fully saturated rings. The summed E-state index contributed by atoms with van der Waals surface area (Å²) in [6.07, 6.45) is 1.76. The van der Waals surface area contributed by atoms with E-state index in [0.29, 0.717) is 0 Å². The number of amides is 2. The average molecular weight is 287 g/mol. The number of ether oxygens (including phenoxy) is 1. The molecule has 7 heteroatoms. The Bertz CT molecular complexity index is 377. The number of carbonyl (C=O) groups excluding carboxylic acids is 1. The van der Waals surface area contributed by atoms with E-state index in [2.05, 4.69) is 15.0 Å². The molecule has 0 saturated heterocycles. The van der Waals surface area contributed by atoms with Crippen molar-refractivity contribution in [1.82, 2.24) is 15.0 Å². The van der Waals surface area contributed by atoms with Crippen molar-refractivity contribution < 1.29 is 9.53 Å². The van der Waals surface area contributed by atoms with E-state index in [4.69, 9.17) is 4.74 Å². The monoisotopic (exact) mass is 287 g/mol. The highest BCUT2D eigenvalue weighted by Gasteiger charge is 2.03. The normalized spacial score (nSPS) is 9.89. The SMILES string of the molecule is CNC(=O)NSCCSCc1ncccc1OC. The van der Waals surface area contributed by atoms with E-state index >= 15 is 0 Å². The van der Waals surface area contributed by atoms with Crippen molar-refractivity contribution >= 4 is 29.7 Å². The second-order valence-corrected chi connectivity index (χ2v) is 5.24. The van der Waals surface area contributed by atoms with Gasteiger partial charge < -0.3 is 10.1 Å². The summed E-state index contributed by atoms with van der Waals surface area (Å²) in [5.41, 5.74) is 0.953. The van der Waals surface area contributed by atoms with Gasteiger partial charge in [0, 0.05) is 30.5 Å². The van der Waals surface area contributed by atoms with E-state index in [9.17, 15) is 4.79 Å². The Labute approximate surface area is 116 Å². The van der Waals surface area contributed by atoms with Gasteiger partial charge in [0.25, 0.3) is 0 Å². The predicted octanol–water partition coefficient (Wildman–Crippen LogP) is 1.90. The molecule has 18 heavy (non-hydrogen) atoms.